The third-order valence-corrected chi connectivity index (χ3v) is 7.83. The quantitative estimate of drug-likeness (QED) is 0.232. The van der Waals surface area contributed by atoms with Crippen LogP contribution in [0.3, 0.4) is 0 Å². The SMILES string of the molecule is C[C@]1(C(N)=O)COc2c1cc(C(O)(CNC(=O)c1cc(Cl)c3nn(C(F)F)cc3c1)C(F)(F)F)nc2-c1ccc(F)c(Cl)c1. The van der Waals surface area contributed by atoms with Gasteiger partial charge in [0.25, 0.3) is 5.91 Å². The number of aromatic nitrogens is 3. The molecule has 44 heavy (non-hydrogen) atoms. The summed E-state index contributed by atoms with van der Waals surface area (Å²) in [7, 11) is 0. The minimum atomic E-state index is -5.47. The molecule has 2 aromatic carbocycles. The Bertz CT molecular complexity index is 1830. The van der Waals surface area contributed by atoms with Gasteiger partial charge in [-0.2, -0.15) is 27.1 Å². The molecule has 0 saturated carbocycles. The number of ether oxygens (including phenoxy) is 1. The van der Waals surface area contributed by atoms with Crippen LogP contribution >= 0.6 is 23.2 Å². The van der Waals surface area contributed by atoms with E-state index in [9.17, 15) is 41.0 Å². The molecule has 0 spiro atoms. The number of fused-ring (bicyclic) bond motifs is 2. The maximum atomic E-state index is 14.6. The number of amides is 2. The molecule has 17 heteroatoms. The lowest BCUT2D eigenvalue weighted by Crippen LogP contribution is -2.51. The number of rotatable bonds is 7. The van der Waals surface area contributed by atoms with Crippen molar-refractivity contribution in [1.29, 1.82) is 0 Å². The normalized spacial score (nSPS) is 17.8. The molecule has 0 bridgehead atoms. The fraction of sp³-hybridized carbons (Fsp3) is 0.259. The van der Waals surface area contributed by atoms with Crippen LogP contribution in [0.5, 0.6) is 5.75 Å². The lowest BCUT2D eigenvalue weighted by atomic mass is 9.81. The molecule has 9 nitrogen and oxygen atoms in total. The zero-order chi connectivity index (χ0) is 32.4. The Labute approximate surface area is 253 Å². The van der Waals surface area contributed by atoms with E-state index in [0.29, 0.717) is 0 Å². The fourth-order valence-corrected chi connectivity index (χ4v) is 5.07. The lowest BCUT2D eigenvalue weighted by molar-refractivity contribution is -0.265. The smallest absolute Gasteiger partial charge is 0.424 e. The molecule has 2 amide bonds. The second kappa shape index (κ2) is 10.8. The number of nitrogens with one attached hydrogen (secondary N) is 1. The van der Waals surface area contributed by atoms with Crippen LogP contribution in [0.2, 0.25) is 10.0 Å². The highest BCUT2D eigenvalue weighted by atomic mass is 35.5. The van der Waals surface area contributed by atoms with Crippen molar-refractivity contribution in [2.24, 2.45) is 5.73 Å². The van der Waals surface area contributed by atoms with Crippen molar-refractivity contribution >= 4 is 45.9 Å². The van der Waals surface area contributed by atoms with Crippen LogP contribution in [0.25, 0.3) is 22.2 Å². The zero-order valence-corrected chi connectivity index (χ0v) is 23.7. The van der Waals surface area contributed by atoms with Crippen molar-refractivity contribution in [3.8, 4) is 17.0 Å². The van der Waals surface area contributed by atoms with Crippen LogP contribution in [0.15, 0.2) is 42.6 Å². The summed E-state index contributed by atoms with van der Waals surface area (Å²) >= 11 is 11.9. The Morgan fingerprint density at radius 2 is 1.89 bits per heavy atom. The summed E-state index contributed by atoms with van der Waals surface area (Å²) < 4.78 is 89.7. The van der Waals surface area contributed by atoms with E-state index >= 15 is 0 Å². The van der Waals surface area contributed by atoms with Gasteiger partial charge in [0.1, 0.15) is 34.8 Å². The first-order valence-electron chi connectivity index (χ1n) is 12.4. The summed E-state index contributed by atoms with van der Waals surface area (Å²) in [6.07, 6.45) is -4.58. The highest BCUT2D eigenvalue weighted by Gasteiger charge is 2.57. The van der Waals surface area contributed by atoms with Gasteiger partial charge in [0.05, 0.1) is 22.3 Å². The summed E-state index contributed by atoms with van der Waals surface area (Å²) in [5.41, 5.74) is -1.90. The van der Waals surface area contributed by atoms with E-state index in [-0.39, 0.29) is 55.3 Å². The maximum absolute atomic E-state index is 14.6. The number of carbonyl (C=O) groups excluding carboxylic acids is 2. The zero-order valence-electron chi connectivity index (χ0n) is 22.1. The maximum Gasteiger partial charge on any atom is 0.424 e. The van der Waals surface area contributed by atoms with Gasteiger partial charge in [-0.15, -0.1) is 0 Å². The number of carbonyl (C=O) groups is 2. The molecule has 1 aliphatic rings. The predicted molar refractivity (Wildman–Crippen MR) is 145 cm³/mol. The number of alkyl halides is 5. The minimum absolute atomic E-state index is 0.00246. The molecular weight excluding hydrogens is 643 g/mol. The third kappa shape index (κ3) is 5.18. The highest BCUT2D eigenvalue weighted by molar-refractivity contribution is 6.35. The second-order valence-electron chi connectivity index (χ2n) is 10.2. The van der Waals surface area contributed by atoms with Crippen LogP contribution in [0, 0.1) is 5.82 Å². The summed E-state index contributed by atoms with van der Waals surface area (Å²) in [5, 5.41) is 16.1. The predicted octanol–water partition coefficient (Wildman–Crippen LogP) is 5.25. The van der Waals surface area contributed by atoms with Crippen LogP contribution < -0.4 is 15.8 Å². The van der Waals surface area contributed by atoms with Crippen molar-refractivity contribution in [3.05, 3.63) is 75.3 Å². The average Bonchev–Trinajstić information content (AvgIpc) is 3.55. The minimum Gasteiger partial charge on any atom is -0.489 e. The van der Waals surface area contributed by atoms with Crippen molar-refractivity contribution in [2.45, 2.75) is 30.7 Å². The van der Waals surface area contributed by atoms with Crippen molar-refractivity contribution in [2.75, 3.05) is 13.2 Å². The van der Waals surface area contributed by atoms with Crippen molar-refractivity contribution in [3.63, 3.8) is 0 Å². The van der Waals surface area contributed by atoms with Gasteiger partial charge < -0.3 is 20.9 Å². The number of halogens is 8. The van der Waals surface area contributed by atoms with E-state index in [4.69, 9.17) is 33.7 Å². The average molecular weight is 662 g/mol. The molecule has 5 rings (SSSR count). The first kappa shape index (κ1) is 31.3. The van der Waals surface area contributed by atoms with Crippen LogP contribution in [0.1, 0.15) is 35.1 Å². The van der Waals surface area contributed by atoms with Crippen LogP contribution in [-0.4, -0.2) is 51.0 Å². The molecule has 0 aliphatic carbocycles. The molecular formula is C27H19Cl2F6N5O4. The molecule has 0 radical (unpaired) electrons. The molecule has 232 valence electrons. The molecule has 4 aromatic rings. The van der Waals surface area contributed by atoms with Gasteiger partial charge in [-0.1, -0.05) is 23.2 Å². The number of aliphatic hydroxyl groups is 1. The van der Waals surface area contributed by atoms with E-state index in [2.05, 4.69) is 10.1 Å². The molecule has 0 fully saturated rings. The van der Waals surface area contributed by atoms with Gasteiger partial charge in [0.2, 0.25) is 11.5 Å². The summed E-state index contributed by atoms with van der Waals surface area (Å²) in [4.78, 5) is 29.3. The van der Waals surface area contributed by atoms with Gasteiger partial charge >= 0.3 is 12.7 Å². The van der Waals surface area contributed by atoms with Crippen molar-refractivity contribution in [1.82, 2.24) is 20.1 Å². The van der Waals surface area contributed by atoms with Gasteiger partial charge in [0, 0.05) is 28.3 Å². The summed E-state index contributed by atoms with van der Waals surface area (Å²) in [6, 6.07) is 6.04. The number of pyridine rings is 1. The molecule has 0 saturated heterocycles. The summed E-state index contributed by atoms with van der Waals surface area (Å²) in [5.74, 6) is -3.08. The van der Waals surface area contributed by atoms with Gasteiger partial charge in [-0.05, 0) is 43.3 Å². The first-order chi connectivity index (χ1) is 20.5. The largest absolute Gasteiger partial charge is 0.489 e. The fourth-order valence-electron chi connectivity index (χ4n) is 4.63. The molecule has 1 unspecified atom stereocenters. The number of hydrogen-bond donors (Lipinski definition) is 3. The Kier molecular flexibility index (Phi) is 7.71. The Hall–Kier alpha value is -4.08. The Morgan fingerprint density at radius 1 is 1.18 bits per heavy atom. The monoisotopic (exact) mass is 661 g/mol. The molecule has 4 N–H and O–H groups in total. The third-order valence-electron chi connectivity index (χ3n) is 7.25. The van der Waals surface area contributed by atoms with Gasteiger partial charge in [-0.25, -0.2) is 14.1 Å². The molecule has 1 aliphatic heterocycles. The van der Waals surface area contributed by atoms with E-state index in [1.165, 1.54) is 6.92 Å². The number of benzene rings is 2. The number of hydrogen-bond acceptors (Lipinski definition) is 6. The van der Waals surface area contributed by atoms with Crippen molar-refractivity contribution < 1.29 is 45.8 Å². The Balaban J connectivity index is 1.58. The molecule has 2 atom stereocenters. The lowest BCUT2D eigenvalue weighted by Gasteiger charge is -2.31. The number of nitrogens with zero attached hydrogens (tertiary/aromatic N) is 3. The van der Waals surface area contributed by atoms with E-state index in [0.717, 1.165) is 42.6 Å². The second-order valence-corrected chi connectivity index (χ2v) is 11.0. The number of nitrogens with two attached hydrogens (primary N) is 1. The molecule has 3 heterocycles. The Morgan fingerprint density at radius 3 is 2.50 bits per heavy atom. The molecule has 2 aromatic heterocycles. The summed E-state index contributed by atoms with van der Waals surface area (Å²) in [6.45, 7) is -3.58. The number of primary amides is 1. The van der Waals surface area contributed by atoms with E-state index < -0.39 is 58.6 Å². The van der Waals surface area contributed by atoms with Gasteiger partial charge in [0.15, 0.2) is 0 Å². The highest BCUT2D eigenvalue weighted by Crippen LogP contribution is 2.48. The van der Waals surface area contributed by atoms with E-state index in [1.807, 2.05) is 5.32 Å². The van der Waals surface area contributed by atoms with Crippen LogP contribution in [-0.2, 0) is 15.8 Å². The van der Waals surface area contributed by atoms with Gasteiger partial charge in [-0.3, -0.25) is 9.59 Å². The van der Waals surface area contributed by atoms with E-state index in [1.54, 1.807) is 0 Å². The topological polar surface area (TPSA) is 132 Å². The first-order valence-corrected chi connectivity index (χ1v) is 13.2. The van der Waals surface area contributed by atoms with Crippen LogP contribution in [0.4, 0.5) is 26.3 Å². The standard InChI is InChI=1S/C27H19Cl2F6N5O4/c1-25(23(36)42)10-44-21-14(25)7-18(38-20(21)11-2-3-17(30)15(28)5-11)26(43,27(33,34)35)9-37-22(41)12-4-13-8-40(24(31)32)39-19(13)16(29)6-12/h2-8,24,43H,9-10H2,1H3,(H2,36,42)(H,37,41)/t25-,26?/m0/s1.